The first-order chi connectivity index (χ1) is 7.99. The Balaban J connectivity index is 4.35. The van der Waals surface area contributed by atoms with Gasteiger partial charge in [0, 0.05) is 19.8 Å². The van der Waals surface area contributed by atoms with Crippen LogP contribution >= 0.6 is 0 Å². The van der Waals surface area contributed by atoms with Gasteiger partial charge in [0.25, 0.3) is 0 Å². The van der Waals surface area contributed by atoms with Gasteiger partial charge in [-0.1, -0.05) is 13.8 Å². The van der Waals surface area contributed by atoms with Gasteiger partial charge in [-0.3, -0.25) is 0 Å². The Labute approximate surface area is 106 Å². The predicted octanol–water partition coefficient (Wildman–Crippen LogP) is 1.60. The number of nitrogens with one attached hydrogen (secondary N) is 1. The Morgan fingerprint density at radius 1 is 1.29 bits per heavy atom. The Morgan fingerprint density at radius 2 is 1.94 bits per heavy atom. The van der Waals surface area contributed by atoms with E-state index in [-0.39, 0.29) is 17.0 Å². The van der Waals surface area contributed by atoms with Crippen molar-refractivity contribution in [2.45, 2.75) is 51.3 Å². The van der Waals surface area contributed by atoms with Crippen molar-refractivity contribution in [2.75, 3.05) is 26.0 Å². The maximum atomic E-state index is 12.1. The molecule has 0 bridgehead atoms. The molecule has 4 nitrogen and oxygen atoms in total. The summed E-state index contributed by atoms with van der Waals surface area (Å²) in [4.78, 5) is 0. The quantitative estimate of drug-likeness (QED) is 0.610. The molecular weight excluding hydrogens is 238 g/mol. The van der Waals surface area contributed by atoms with Gasteiger partial charge in [-0.25, -0.2) is 8.42 Å². The van der Waals surface area contributed by atoms with Crippen molar-refractivity contribution >= 4 is 9.84 Å². The monoisotopic (exact) mass is 265 g/mol. The average molecular weight is 265 g/mol. The smallest absolute Gasteiger partial charge is 0.154 e. The van der Waals surface area contributed by atoms with E-state index in [1.54, 1.807) is 14.0 Å². The van der Waals surface area contributed by atoms with Crippen LogP contribution in [0.4, 0.5) is 0 Å². The molecule has 0 aliphatic rings. The van der Waals surface area contributed by atoms with Crippen LogP contribution in [-0.4, -0.2) is 45.7 Å². The Kier molecular flexibility index (Phi) is 8.82. The Bertz CT molecular complexity index is 277. The molecule has 0 aliphatic carbocycles. The highest BCUT2D eigenvalue weighted by molar-refractivity contribution is 7.92. The van der Waals surface area contributed by atoms with E-state index in [2.05, 4.69) is 12.2 Å². The summed E-state index contributed by atoms with van der Waals surface area (Å²) < 4.78 is 29.0. The fourth-order valence-electron chi connectivity index (χ4n) is 1.81. The maximum absolute atomic E-state index is 12.1. The zero-order valence-electron chi connectivity index (χ0n) is 11.5. The van der Waals surface area contributed by atoms with Crippen LogP contribution in [0.3, 0.4) is 0 Å². The molecule has 0 aromatic rings. The number of hydrogen-bond acceptors (Lipinski definition) is 4. The van der Waals surface area contributed by atoms with Crippen molar-refractivity contribution in [3.8, 4) is 0 Å². The number of rotatable bonds is 10. The summed E-state index contributed by atoms with van der Waals surface area (Å²) in [5.74, 6) is 0.215. The van der Waals surface area contributed by atoms with Crippen LogP contribution in [-0.2, 0) is 14.6 Å². The molecule has 0 aromatic heterocycles. The third-order valence-corrected chi connectivity index (χ3v) is 5.33. The van der Waals surface area contributed by atoms with E-state index >= 15 is 0 Å². The minimum Gasteiger partial charge on any atom is -0.385 e. The number of sulfone groups is 1. The van der Waals surface area contributed by atoms with Crippen LogP contribution in [0.15, 0.2) is 0 Å². The van der Waals surface area contributed by atoms with E-state index in [0.717, 1.165) is 19.4 Å². The molecule has 0 amide bonds. The summed E-state index contributed by atoms with van der Waals surface area (Å²) in [7, 11) is -1.43. The lowest BCUT2D eigenvalue weighted by atomic mass is 10.1. The molecule has 17 heavy (non-hydrogen) atoms. The molecule has 0 fully saturated rings. The van der Waals surface area contributed by atoms with Gasteiger partial charge in [0.05, 0.1) is 11.0 Å². The standard InChI is InChI=1S/C12H27NO3S/c1-5-8-13-12(6-2)11(3)17(14,15)10-7-9-16-4/h11-13H,5-10H2,1-4H3. The zero-order valence-corrected chi connectivity index (χ0v) is 12.3. The molecule has 0 radical (unpaired) electrons. The third kappa shape index (κ3) is 6.38. The van der Waals surface area contributed by atoms with E-state index < -0.39 is 9.84 Å². The minimum atomic E-state index is -3.02. The van der Waals surface area contributed by atoms with E-state index in [1.807, 2.05) is 6.92 Å². The van der Waals surface area contributed by atoms with Gasteiger partial charge in [-0.15, -0.1) is 0 Å². The lowest BCUT2D eigenvalue weighted by Crippen LogP contribution is -2.43. The highest BCUT2D eigenvalue weighted by Gasteiger charge is 2.27. The summed E-state index contributed by atoms with van der Waals surface area (Å²) >= 11 is 0. The fourth-order valence-corrected chi connectivity index (χ4v) is 3.49. The zero-order chi connectivity index (χ0) is 13.3. The molecule has 0 saturated heterocycles. The average Bonchev–Trinajstić information content (AvgIpc) is 2.30. The van der Waals surface area contributed by atoms with Crippen LogP contribution < -0.4 is 5.32 Å². The highest BCUT2D eigenvalue weighted by atomic mass is 32.2. The molecule has 104 valence electrons. The first-order valence-electron chi connectivity index (χ1n) is 6.43. The second-order valence-electron chi connectivity index (χ2n) is 4.39. The van der Waals surface area contributed by atoms with E-state index in [1.165, 1.54) is 0 Å². The molecule has 2 atom stereocenters. The van der Waals surface area contributed by atoms with Crippen molar-refractivity contribution in [1.82, 2.24) is 5.32 Å². The predicted molar refractivity (Wildman–Crippen MR) is 72.1 cm³/mol. The molecular formula is C12H27NO3S. The normalized spacial score (nSPS) is 15.8. The van der Waals surface area contributed by atoms with Gasteiger partial charge < -0.3 is 10.1 Å². The molecule has 0 aliphatic heterocycles. The Morgan fingerprint density at radius 3 is 2.41 bits per heavy atom. The second-order valence-corrected chi connectivity index (χ2v) is 6.86. The molecule has 1 N–H and O–H groups in total. The molecule has 5 heteroatoms. The summed E-state index contributed by atoms with van der Waals surface area (Å²) in [5.41, 5.74) is 0. The topological polar surface area (TPSA) is 55.4 Å². The van der Waals surface area contributed by atoms with Crippen molar-refractivity contribution in [1.29, 1.82) is 0 Å². The number of methoxy groups -OCH3 is 1. The third-order valence-electron chi connectivity index (χ3n) is 3.01. The van der Waals surface area contributed by atoms with Gasteiger partial charge >= 0.3 is 0 Å². The van der Waals surface area contributed by atoms with Crippen LogP contribution in [0.1, 0.15) is 40.0 Å². The van der Waals surface area contributed by atoms with Gasteiger partial charge in [-0.05, 0) is 32.7 Å². The summed E-state index contributed by atoms with van der Waals surface area (Å²) in [6.45, 7) is 7.28. The van der Waals surface area contributed by atoms with Crippen LogP contribution in [0.5, 0.6) is 0 Å². The lowest BCUT2D eigenvalue weighted by Gasteiger charge is -2.24. The van der Waals surface area contributed by atoms with Gasteiger partial charge in [0.15, 0.2) is 9.84 Å². The van der Waals surface area contributed by atoms with E-state index in [9.17, 15) is 8.42 Å². The van der Waals surface area contributed by atoms with Crippen molar-refractivity contribution in [3.63, 3.8) is 0 Å². The van der Waals surface area contributed by atoms with Crippen molar-refractivity contribution in [3.05, 3.63) is 0 Å². The van der Waals surface area contributed by atoms with Crippen LogP contribution in [0.2, 0.25) is 0 Å². The summed E-state index contributed by atoms with van der Waals surface area (Å²) in [5, 5.41) is 2.98. The molecule has 0 spiro atoms. The largest absolute Gasteiger partial charge is 0.385 e. The van der Waals surface area contributed by atoms with Gasteiger partial charge in [-0.2, -0.15) is 0 Å². The van der Waals surface area contributed by atoms with Crippen LogP contribution in [0.25, 0.3) is 0 Å². The van der Waals surface area contributed by atoms with E-state index in [4.69, 9.17) is 4.74 Å². The van der Waals surface area contributed by atoms with Crippen LogP contribution in [0, 0.1) is 0 Å². The van der Waals surface area contributed by atoms with Gasteiger partial charge in [0.1, 0.15) is 0 Å². The minimum absolute atomic E-state index is 0.0579. The second kappa shape index (κ2) is 8.89. The van der Waals surface area contributed by atoms with E-state index in [0.29, 0.717) is 13.0 Å². The first kappa shape index (κ1) is 16.9. The summed E-state index contributed by atoms with van der Waals surface area (Å²) in [6.07, 6.45) is 2.44. The molecule has 0 saturated carbocycles. The van der Waals surface area contributed by atoms with Gasteiger partial charge in [0.2, 0.25) is 0 Å². The highest BCUT2D eigenvalue weighted by Crippen LogP contribution is 2.11. The molecule has 0 aromatic carbocycles. The molecule has 0 heterocycles. The molecule has 0 rings (SSSR count). The maximum Gasteiger partial charge on any atom is 0.154 e. The number of hydrogen-bond donors (Lipinski definition) is 1. The molecule has 2 unspecified atom stereocenters. The fraction of sp³-hybridized carbons (Fsp3) is 1.00. The van der Waals surface area contributed by atoms with Crippen molar-refractivity contribution < 1.29 is 13.2 Å². The lowest BCUT2D eigenvalue weighted by molar-refractivity contribution is 0.199. The Hall–Kier alpha value is -0.130. The SMILES string of the molecule is CCCNC(CC)C(C)S(=O)(=O)CCCOC. The number of ether oxygens (including phenoxy) is 1. The van der Waals surface area contributed by atoms with Crippen molar-refractivity contribution in [2.24, 2.45) is 0 Å². The summed E-state index contributed by atoms with van der Waals surface area (Å²) in [6, 6.07) is 0.0579. The first-order valence-corrected chi connectivity index (χ1v) is 8.15.